The molecule has 0 aromatic carbocycles. The van der Waals surface area contributed by atoms with Crippen LogP contribution in [-0.4, -0.2) is 36.7 Å². The molecule has 5 heteroatoms. The second-order valence-electron chi connectivity index (χ2n) is 7.67. The summed E-state index contributed by atoms with van der Waals surface area (Å²) in [5.41, 5.74) is 0. The number of hydrogen-bond donors (Lipinski definition) is 2. The number of aliphatic hydroxyl groups excluding tert-OH is 1. The van der Waals surface area contributed by atoms with E-state index in [2.05, 4.69) is 39.9 Å². The predicted molar refractivity (Wildman–Crippen MR) is 103 cm³/mol. The van der Waals surface area contributed by atoms with Crippen LogP contribution in [0, 0.1) is 23.7 Å². The van der Waals surface area contributed by atoms with Crippen LogP contribution in [0.4, 0.5) is 0 Å². The van der Waals surface area contributed by atoms with E-state index in [1.807, 2.05) is 13.8 Å². The molecule has 1 atom stereocenters. The minimum atomic E-state index is -0.135. The molecule has 150 valence electrons. The van der Waals surface area contributed by atoms with Gasteiger partial charge in [-0.05, 0) is 37.0 Å². The van der Waals surface area contributed by atoms with E-state index in [0.29, 0.717) is 18.9 Å². The maximum Gasteiger partial charge on any atom is 0.230 e. The third-order valence-electron chi connectivity index (χ3n) is 3.70. The second-order valence-corrected chi connectivity index (χ2v) is 7.67. The smallest absolute Gasteiger partial charge is 0.230 e. The van der Waals surface area contributed by atoms with E-state index in [1.165, 1.54) is 6.42 Å². The first-order valence-corrected chi connectivity index (χ1v) is 9.67. The van der Waals surface area contributed by atoms with Crippen LogP contribution in [0.25, 0.3) is 0 Å². The Morgan fingerprint density at radius 2 is 1.60 bits per heavy atom. The Balaban J connectivity index is 0. The summed E-state index contributed by atoms with van der Waals surface area (Å²) >= 11 is 0. The van der Waals surface area contributed by atoms with Gasteiger partial charge >= 0.3 is 0 Å². The molecule has 0 spiro atoms. The maximum atomic E-state index is 10.9. The van der Waals surface area contributed by atoms with Crippen LogP contribution in [0.2, 0.25) is 0 Å². The standard InChI is InChI=1S/C8H18O.C7H11NO2.C5H12O/c1-4-6-9-7-5-8(2)3;1-4(2)5-3-6(9)8-7(5)10;1-5(2)3-4-6/h8H,4-7H2,1-3H3;4-5H,3H2,1-2H3,(H,8,9,10);5-6H,3-4H2,1-2H3. The molecule has 5 nitrogen and oxygen atoms in total. The van der Waals surface area contributed by atoms with E-state index in [1.54, 1.807) is 0 Å². The van der Waals surface area contributed by atoms with E-state index in [0.717, 1.165) is 32.0 Å². The lowest BCUT2D eigenvalue weighted by molar-refractivity contribution is -0.126. The van der Waals surface area contributed by atoms with Crippen molar-refractivity contribution in [2.75, 3.05) is 19.8 Å². The van der Waals surface area contributed by atoms with Crippen molar-refractivity contribution in [2.45, 2.75) is 74.1 Å². The van der Waals surface area contributed by atoms with Gasteiger partial charge in [-0.15, -0.1) is 0 Å². The molecule has 0 bridgehead atoms. The number of carbonyl (C=O) groups excluding carboxylic acids is 2. The number of hydrogen-bond acceptors (Lipinski definition) is 4. The average Bonchev–Trinajstić information content (AvgIpc) is 2.84. The van der Waals surface area contributed by atoms with Gasteiger partial charge in [0.05, 0.1) is 0 Å². The van der Waals surface area contributed by atoms with Crippen molar-refractivity contribution in [2.24, 2.45) is 23.7 Å². The topological polar surface area (TPSA) is 75.6 Å². The molecule has 1 unspecified atom stereocenters. The molecule has 1 fully saturated rings. The van der Waals surface area contributed by atoms with Gasteiger partial charge in [0.1, 0.15) is 0 Å². The fourth-order valence-electron chi connectivity index (χ4n) is 1.94. The first-order chi connectivity index (χ1) is 11.6. The molecule has 2 amide bonds. The lowest BCUT2D eigenvalue weighted by atomic mass is 9.95. The predicted octanol–water partition coefficient (Wildman–Crippen LogP) is 3.79. The number of aliphatic hydroxyl groups is 1. The molecule has 0 aromatic heterocycles. The molecule has 0 radical (unpaired) electrons. The summed E-state index contributed by atoms with van der Waals surface area (Å²) in [6, 6.07) is 0. The lowest BCUT2D eigenvalue weighted by Crippen LogP contribution is -2.24. The first kappa shape index (κ1) is 26.3. The van der Waals surface area contributed by atoms with Crippen molar-refractivity contribution in [3.63, 3.8) is 0 Å². The molecule has 0 aromatic rings. The molecule has 1 aliphatic rings. The van der Waals surface area contributed by atoms with E-state index in [4.69, 9.17) is 9.84 Å². The number of rotatable bonds is 8. The van der Waals surface area contributed by atoms with Gasteiger partial charge in [-0.1, -0.05) is 48.5 Å². The van der Waals surface area contributed by atoms with Crippen LogP contribution in [0.1, 0.15) is 74.1 Å². The van der Waals surface area contributed by atoms with Gasteiger partial charge in [0.15, 0.2) is 0 Å². The number of nitrogens with one attached hydrogen (secondary N) is 1. The first-order valence-electron chi connectivity index (χ1n) is 9.67. The van der Waals surface area contributed by atoms with Gasteiger partial charge in [0, 0.05) is 32.2 Å². The Morgan fingerprint density at radius 3 is 1.84 bits per heavy atom. The summed E-state index contributed by atoms with van der Waals surface area (Å²) in [4.78, 5) is 21.5. The highest BCUT2D eigenvalue weighted by Gasteiger charge is 2.32. The van der Waals surface area contributed by atoms with Gasteiger partial charge in [0.25, 0.3) is 0 Å². The Morgan fingerprint density at radius 1 is 1.04 bits per heavy atom. The fraction of sp³-hybridized carbons (Fsp3) is 0.900. The molecule has 2 N–H and O–H groups in total. The van der Waals surface area contributed by atoms with E-state index in [9.17, 15) is 9.59 Å². The van der Waals surface area contributed by atoms with Crippen molar-refractivity contribution in [3.05, 3.63) is 0 Å². The third kappa shape index (κ3) is 17.7. The maximum absolute atomic E-state index is 10.9. The monoisotopic (exact) mass is 359 g/mol. The van der Waals surface area contributed by atoms with Crippen molar-refractivity contribution >= 4 is 11.8 Å². The van der Waals surface area contributed by atoms with Crippen molar-refractivity contribution in [1.82, 2.24) is 5.32 Å². The fourth-order valence-corrected chi connectivity index (χ4v) is 1.94. The van der Waals surface area contributed by atoms with Gasteiger partial charge in [0.2, 0.25) is 11.8 Å². The molecule has 0 saturated carbocycles. The zero-order chi connectivity index (χ0) is 19.8. The molecular formula is C20H41NO4. The summed E-state index contributed by atoms with van der Waals surface area (Å²) in [5.74, 6) is 1.36. The molecule has 1 rings (SSSR count). The Kier molecular flexibility index (Phi) is 17.4. The second kappa shape index (κ2) is 16.5. The van der Waals surface area contributed by atoms with Crippen LogP contribution >= 0.6 is 0 Å². The number of amides is 2. The molecule has 1 aliphatic heterocycles. The van der Waals surface area contributed by atoms with Crippen molar-refractivity contribution in [1.29, 1.82) is 0 Å². The molecule has 0 aliphatic carbocycles. The number of carbonyl (C=O) groups is 2. The zero-order valence-corrected chi connectivity index (χ0v) is 17.4. The summed E-state index contributed by atoms with van der Waals surface area (Å²) in [7, 11) is 0. The van der Waals surface area contributed by atoms with Crippen LogP contribution < -0.4 is 5.32 Å². The minimum Gasteiger partial charge on any atom is -0.396 e. The van der Waals surface area contributed by atoms with Crippen LogP contribution in [0.15, 0.2) is 0 Å². The Labute approximate surface area is 154 Å². The highest BCUT2D eigenvalue weighted by molar-refractivity contribution is 6.03. The summed E-state index contributed by atoms with van der Waals surface area (Å²) in [5, 5.41) is 10.5. The van der Waals surface area contributed by atoms with Gasteiger partial charge in [-0.25, -0.2) is 0 Å². The van der Waals surface area contributed by atoms with E-state index in [-0.39, 0.29) is 23.7 Å². The zero-order valence-electron chi connectivity index (χ0n) is 17.4. The normalized spacial score (nSPS) is 16.5. The number of ether oxygens (including phenoxy) is 1. The van der Waals surface area contributed by atoms with E-state index >= 15 is 0 Å². The Bertz CT molecular complexity index is 341. The summed E-state index contributed by atoms with van der Waals surface area (Å²) in [6.07, 6.45) is 3.63. The van der Waals surface area contributed by atoms with E-state index < -0.39 is 0 Å². The van der Waals surface area contributed by atoms with Crippen molar-refractivity contribution in [3.8, 4) is 0 Å². The highest BCUT2D eigenvalue weighted by atomic mass is 16.5. The van der Waals surface area contributed by atoms with Crippen LogP contribution in [0.3, 0.4) is 0 Å². The summed E-state index contributed by atoms with van der Waals surface area (Å²) < 4.78 is 5.29. The molecule has 25 heavy (non-hydrogen) atoms. The largest absolute Gasteiger partial charge is 0.396 e. The molecular weight excluding hydrogens is 318 g/mol. The highest BCUT2D eigenvalue weighted by Crippen LogP contribution is 2.19. The van der Waals surface area contributed by atoms with Crippen molar-refractivity contribution < 1.29 is 19.4 Å². The number of imide groups is 1. The lowest BCUT2D eigenvalue weighted by Gasteiger charge is -2.07. The third-order valence-corrected chi connectivity index (χ3v) is 3.70. The molecule has 1 heterocycles. The van der Waals surface area contributed by atoms with Crippen LogP contribution in [0.5, 0.6) is 0 Å². The minimum absolute atomic E-state index is 0.0903. The van der Waals surface area contributed by atoms with Crippen LogP contribution in [-0.2, 0) is 14.3 Å². The average molecular weight is 360 g/mol. The van der Waals surface area contributed by atoms with Gasteiger partial charge in [-0.3, -0.25) is 14.9 Å². The Hall–Kier alpha value is -0.940. The van der Waals surface area contributed by atoms with Gasteiger partial charge < -0.3 is 9.84 Å². The quantitative estimate of drug-likeness (QED) is 0.511. The van der Waals surface area contributed by atoms with Gasteiger partial charge in [-0.2, -0.15) is 0 Å². The summed E-state index contributed by atoms with van der Waals surface area (Å²) in [6.45, 7) is 16.8. The molecule has 1 saturated heterocycles. The SMILES string of the molecule is CC(C)C1CC(=O)NC1=O.CC(C)CCO.CCCOCCC(C)C.